The van der Waals surface area contributed by atoms with Crippen molar-refractivity contribution in [1.29, 1.82) is 0 Å². The number of aliphatic hydroxyl groups excluding tert-OH is 1. The lowest BCUT2D eigenvalue weighted by atomic mass is 9.93. The zero-order chi connectivity index (χ0) is 16.2. The Morgan fingerprint density at radius 1 is 1.22 bits per heavy atom. The maximum atomic E-state index is 11.9. The molecule has 2 aromatic rings. The van der Waals surface area contributed by atoms with Crippen molar-refractivity contribution in [3.63, 3.8) is 0 Å². The lowest BCUT2D eigenvalue weighted by molar-refractivity contribution is 0.117. The van der Waals surface area contributed by atoms with Crippen molar-refractivity contribution in [2.75, 3.05) is 13.2 Å². The molecule has 1 saturated carbocycles. The van der Waals surface area contributed by atoms with Crippen LogP contribution < -0.4 is 5.63 Å². The minimum absolute atomic E-state index is 0.148. The second kappa shape index (κ2) is 7.28. The smallest absolute Gasteiger partial charge is 0.336 e. The first kappa shape index (κ1) is 16.2. The van der Waals surface area contributed by atoms with E-state index in [0.717, 1.165) is 16.5 Å². The van der Waals surface area contributed by atoms with Gasteiger partial charge in [0, 0.05) is 30.6 Å². The highest BCUT2D eigenvalue weighted by atomic mass is 16.4. The van der Waals surface area contributed by atoms with Crippen LogP contribution in [-0.2, 0) is 6.54 Å². The summed E-state index contributed by atoms with van der Waals surface area (Å²) in [5.74, 6) is 0. The molecule has 124 valence electrons. The van der Waals surface area contributed by atoms with Crippen LogP contribution in [0.5, 0.6) is 0 Å². The number of benzene rings is 1. The second-order valence-electron chi connectivity index (χ2n) is 6.58. The van der Waals surface area contributed by atoms with Gasteiger partial charge >= 0.3 is 5.63 Å². The topological polar surface area (TPSA) is 53.7 Å². The van der Waals surface area contributed by atoms with Gasteiger partial charge < -0.3 is 9.52 Å². The van der Waals surface area contributed by atoms with E-state index in [0.29, 0.717) is 24.7 Å². The maximum Gasteiger partial charge on any atom is 0.336 e. The molecule has 0 spiro atoms. The van der Waals surface area contributed by atoms with Crippen LogP contribution in [0, 0.1) is 6.92 Å². The summed E-state index contributed by atoms with van der Waals surface area (Å²) in [5.41, 5.74) is 2.43. The Morgan fingerprint density at radius 3 is 2.74 bits per heavy atom. The van der Waals surface area contributed by atoms with Gasteiger partial charge in [0.1, 0.15) is 5.58 Å². The predicted octanol–water partition coefficient (Wildman–Crippen LogP) is 3.23. The Labute approximate surface area is 136 Å². The summed E-state index contributed by atoms with van der Waals surface area (Å²) >= 11 is 0. The molecule has 0 atom stereocenters. The van der Waals surface area contributed by atoms with Crippen molar-refractivity contribution in [3.8, 4) is 0 Å². The summed E-state index contributed by atoms with van der Waals surface area (Å²) in [6.07, 6.45) is 6.17. The molecule has 23 heavy (non-hydrogen) atoms. The second-order valence-corrected chi connectivity index (χ2v) is 6.58. The van der Waals surface area contributed by atoms with Gasteiger partial charge in [-0.25, -0.2) is 4.79 Å². The fourth-order valence-electron chi connectivity index (χ4n) is 3.65. The molecule has 1 aliphatic carbocycles. The van der Waals surface area contributed by atoms with E-state index in [1.807, 2.05) is 25.1 Å². The Morgan fingerprint density at radius 2 is 2.00 bits per heavy atom. The maximum absolute atomic E-state index is 11.9. The summed E-state index contributed by atoms with van der Waals surface area (Å²) in [4.78, 5) is 14.2. The average Bonchev–Trinajstić information content (AvgIpc) is 2.54. The first-order valence-electron chi connectivity index (χ1n) is 8.55. The van der Waals surface area contributed by atoms with Gasteiger partial charge in [-0.15, -0.1) is 0 Å². The molecule has 0 aliphatic heterocycles. The quantitative estimate of drug-likeness (QED) is 0.861. The van der Waals surface area contributed by atoms with Crippen LogP contribution in [-0.4, -0.2) is 29.2 Å². The Balaban J connectivity index is 1.92. The molecule has 1 heterocycles. The predicted molar refractivity (Wildman–Crippen MR) is 91.6 cm³/mol. The van der Waals surface area contributed by atoms with Crippen LogP contribution in [0.25, 0.3) is 11.0 Å². The Bertz CT molecular complexity index is 716. The van der Waals surface area contributed by atoms with Gasteiger partial charge in [-0.05, 0) is 37.0 Å². The molecule has 1 aromatic carbocycles. The molecule has 1 aliphatic rings. The van der Waals surface area contributed by atoms with Crippen LogP contribution in [0.15, 0.2) is 33.5 Å². The van der Waals surface area contributed by atoms with E-state index in [4.69, 9.17) is 4.42 Å². The number of fused-ring (bicyclic) bond motifs is 1. The van der Waals surface area contributed by atoms with Crippen molar-refractivity contribution in [2.45, 2.75) is 51.6 Å². The van der Waals surface area contributed by atoms with Crippen molar-refractivity contribution < 1.29 is 9.52 Å². The molecular formula is C19H25NO3. The molecule has 4 nitrogen and oxygen atoms in total. The van der Waals surface area contributed by atoms with Crippen molar-refractivity contribution >= 4 is 11.0 Å². The van der Waals surface area contributed by atoms with Crippen LogP contribution in [0.2, 0.25) is 0 Å². The lowest BCUT2D eigenvalue weighted by Gasteiger charge is -2.34. The third-order valence-corrected chi connectivity index (χ3v) is 4.84. The van der Waals surface area contributed by atoms with Crippen LogP contribution in [0.3, 0.4) is 0 Å². The van der Waals surface area contributed by atoms with Crippen LogP contribution in [0.1, 0.15) is 43.2 Å². The van der Waals surface area contributed by atoms with Crippen molar-refractivity contribution in [2.24, 2.45) is 0 Å². The molecule has 0 saturated heterocycles. The molecule has 1 aromatic heterocycles. The molecule has 1 N–H and O–H groups in total. The number of aryl methyl sites for hydroxylation is 1. The Kier molecular flexibility index (Phi) is 5.13. The van der Waals surface area contributed by atoms with E-state index in [9.17, 15) is 9.90 Å². The molecule has 3 rings (SSSR count). The Hall–Kier alpha value is -1.65. The van der Waals surface area contributed by atoms with Gasteiger partial charge in [0.25, 0.3) is 0 Å². The van der Waals surface area contributed by atoms with Gasteiger partial charge in [-0.2, -0.15) is 0 Å². The summed E-state index contributed by atoms with van der Waals surface area (Å²) in [6.45, 7) is 3.48. The van der Waals surface area contributed by atoms with Crippen LogP contribution in [0.4, 0.5) is 0 Å². The zero-order valence-corrected chi connectivity index (χ0v) is 13.8. The van der Waals surface area contributed by atoms with E-state index in [-0.39, 0.29) is 12.2 Å². The third kappa shape index (κ3) is 3.82. The zero-order valence-electron chi connectivity index (χ0n) is 13.8. The van der Waals surface area contributed by atoms with E-state index in [2.05, 4.69) is 4.90 Å². The lowest BCUT2D eigenvalue weighted by Crippen LogP contribution is -2.38. The van der Waals surface area contributed by atoms with Crippen molar-refractivity contribution in [1.82, 2.24) is 4.90 Å². The number of hydrogen-bond donors (Lipinski definition) is 1. The van der Waals surface area contributed by atoms with E-state index in [1.54, 1.807) is 6.07 Å². The molecule has 4 heteroatoms. The minimum atomic E-state index is -0.300. The number of aliphatic hydroxyl groups is 1. The van der Waals surface area contributed by atoms with Crippen molar-refractivity contribution in [3.05, 3.63) is 45.8 Å². The third-order valence-electron chi connectivity index (χ3n) is 4.84. The molecule has 0 unspecified atom stereocenters. The van der Waals surface area contributed by atoms with Gasteiger partial charge in [-0.3, -0.25) is 4.90 Å². The van der Waals surface area contributed by atoms with Crippen LogP contribution >= 0.6 is 0 Å². The van der Waals surface area contributed by atoms with Gasteiger partial charge in [0.2, 0.25) is 0 Å². The molecule has 0 amide bonds. The fraction of sp³-hybridized carbons (Fsp3) is 0.526. The number of nitrogens with zero attached hydrogens (tertiary/aromatic N) is 1. The molecular weight excluding hydrogens is 290 g/mol. The SMILES string of the molecule is Cc1ccc2c(CN(CCO)C3CCCCC3)cc(=O)oc2c1. The summed E-state index contributed by atoms with van der Waals surface area (Å²) in [6, 6.07) is 8.09. The molecule has 0 bridgehead atoms. The minimum Gasteiger partial charge on any atom is -0.423 e. The first-order valence-corrected chi connectivity index (χ1v) is 8.55. The standard InChI is InChI=1S/C19H25NO3/c1-14-7-8-17-15(12-19(22)23-18(17)11-14)13-20(9-10-21)16-5-3-2-4-6-16/h7-8,11-12,16,21H,2-6,9-10,13H2,1H3. The van der Waals surface area contributed by atoms with E-state index < -0.39 is 0 Å². The number of hydrogen-bond acceptors (Lipinski definition) is 4. The van der Waals surface area contributed by atoms with E-state index in [1.165, 1.54) is 32.1 Å². The molecule has 1 fully saturated rings. The fourth-order valence-corrected chi connectivity index (χ4v) is 3.65. The highest BCUT2D eigenvalue weighted by molar-refractivity contribution is 5.80. The normalized spacial score (nSPS) is 16.3. The van der Waals surface area contributed by atoms with E-state index >= 15 is 0 Å². The average molecular weight is 315 g/mol. The summed E-state index contributed by atoms with van der Waals surface area (Å²) in [5, 5.41) is 10.4. The highest BCUT2D eigenvalue weighted by Gasteiger charge is 2.21. The van der Waals surface area contributed by atoms with Gasteiger partial charge in [-0.1, -0.05) is 31.4 Å². The first-order chi connectivity index (χ1) is 11.2. The molecule has 0 radical (unpaired) electrons. The number of rotatable bonds is 5. The summed E-state index contributed by atoms with van der Waals surface area (Å²) < 4.78 is 5.35. The summed E-state index contributed by atoms with van der Waals surface area (Å²) in [7, 11) is 0. The van der Waals surface area contributed by atoms with Gasteiger partial charge in [0.15, 0.2) is 0 Å². The van der Waals surface area contributed by atoms with Gasteiger partial charge in [0.05, 0.1) is 6.61 Å². The monoisotopic (exact) mass is 315 g/mol. The highest BCUT2D eigenvalue weighted by Crippen LogP contribution is 2.26. The largest absolute Gasteiger partial charge is 0.423 e.